The molecule has 1 aromatic heterocycles. The van der Waals surface area contributed by atoms with Gasteiger partial charge in [0.15, 0.2) is 16.6 Å². The van der Waals surface area contributed by atoms with Gasteiger partial charge < -0.3 is 18.9 Å². The number of hydrogen-bond acceptors (Lipinski definition) is 8. The number of rotatable bonds is 9. The van der Waals surface area contributed by atoms with Crippen molar-refractivity contribution >= 4 is 51.1 Å². The minimum atomic E-state index is -0.130. The molecule has 188 valence electrons. The number of carbonyl (C=O) groups is 1. The number of morpholine rings is 1. The fourth-order valence-corrected chi connectivity index (χ4v) is 4.70. The summed E-state index contributed by atoms with van der Waals surface area (Å²) in [5.41, 5.74) is 1.65. The number of anilines is 1. The Morgan fingerprint density at radius 1 is 1.09 bits per heavy atom. The van der Waals surface area contributed by atoms with E-state index in [1.807, 2.05) is 36.4 Å². The standard InChI is InChI=1S/C25H29N3O5S.ClH/c1-30-19-6-8-23-20(17-19)26-25(34-23)28(11-10-27-12-14-33-15-13-27)24(29)9-5-18-4-7-21(31-2)22(16-18)32-3;/h4-9,16-17H,10-15H2,1-3H3;1H/b9-5+;. The molecule has 3 aromatic rings. The third-order valence-corrected chi connectivity index (χ3v) is 6.71. The van der Waals surface area contributed by atoms with Crippen molar-refractivity contribution in [1.29, 1.82) is 0 Å². The smallest absolute Gasteiger partial charge is 0.252 e. The van der Waals surface area contributed by atoms with Gasteiger partial charge in [-0.1, -0.05) is 17.4 Å². The predicted octanol–water partition coefficient (Wildman–Crippen LogP) is 4.12. The number of hydrogen-bond donors (Lipinski definition) is 0. The maximum absolute atomic E-state index is 13.3. The molecule has 1 aliphatic heterocycles. The summed E-state index contributed by atoms with van der Waals surface area (Å²) in [4.78, 5) is 22.1. The molecule has 0 radical (unpaired) electrons. The van der Waals surface area contributed by atoms with E-state index in [1.165, 1.54) is 11.3 Å². The van der Waals surface area contributed by atoms with E-state index in [1.54, 1.807) is 38.4 Å². The van der Waals surface area contributed by atoms with Gasteiger partial charge in [-0.3, -0.25) is 14.6 Å². The Kier molecular flexibility index (Phi) is 9.73. The van der Waals surface area contributed by atoms with Crippen LogP contribution in [0.2, 0.25) is 0 Å². The first kappa shape index (κ1) is 26.7. The van der Waals surface area contributed by atoms with Gasteiger partial charge in [0.2, 0.25) is 0 Å². The quantitative estimate of drug-likeness (QED) is 0.394. The third kappa shape index (κ3) is 6.64. The SMILES string of the molecule is COc1ccc2sc(N(CCN3CCOCC3)C(=O)/C=C/c3ccc(OC)c(OC)c3)nc2c1.Cl. The molecule has 35 heavy (non-hydrogen) atoms. The van der Waals surface area contributed by atoms with Crippen LogP contribution in [0.25, 0.3) is 16.3 Å². The number of carbonyl (C=O) groups excluding carboxylic acids is 1. The summed E-state index contributed by atoms with van der Waals surface area (Å²) in [6, 6.07) is 11.3. The Labute approximate surface area is 215 Å². The van der Waals surface area contributed by atoms with Crippen LogP contribution in [0.1, 0.15) is 5.56 Å². The molecule has 0 unspecified atom stereocenters. The fourth-order valence-electron chi connectivity index (χ4n) is 3.72. The zero-order valence-corrected chi connectivity index (χ0v) is 21.7. The van der Waals surface area contributed by atoms with E-state index in [9.17, 15) is 4.79 Å². The van der Waals surface area contributed by atoms with Crippen LogP contribution in [0.3, 0.4) is 0 Å². The molecule has 4 rings (SSSR count). The van der Waals surface area contributed by atoms with E-state index in [4.69, 9.17) is 23.9 Å². The average molecular weight is 520 g/mol. The van der Waals surface area contributed by atoms with Crippen LogP contribution in [0, 0.1) is 0 Å². The Morgan fingerprint density at radius 3 is 2.57 bits per heavy atom. The van der Waals surface area contributed by atoms with Gasteiger partial charge in [0, 0.05) is 38.3 Å². The highest BCUT2D eigenvalue weighted by molar-refractivity contribution is 7.22. The van der Waals surface area contributed by atoms with Crippen LogP contribution in [-0.2, 0) is 9.53 Å². The van der Waals surface area contributed by atoms with Crippen molar-refractivity contribution in [1.82, 2.24) is 9.88 Å². The summed E-state index contributed by atoms with van der Waals surface area (Å²) < 4.78 is 22.4. The molecule has 0 N–H and O–H groups in total. The van der Waals surface area contributed by atoms with E-state index >= 15 is 0 Å². The lowest BCUT2D eigenvalue weighted by Crippen LogP contribution is -2.42. The minimum Gasteiger partial charge on any atom is -0.497 e. The molecule has 0 saturated carbocycles. The molecule has 2 aromatic carbocycles. The molecule has 1 saturated heterocycles. The second-order valence-corrected chi connectivity index (χ2v) is 8.73. The number of halogens is 1. The second-order valence-electron chi connectivity index (χ2n) is 7.72. The molecule has 1 aliphatic rings. The van der Waals surface area contributed by atoms with Gasteiger partial charge in [0.1, 0.15) is 5.75 Å². The number of benzene rings is 2. The number of fused-ring (bicyclic) bond motifs is 1. The van der Waals surface area contributed by atoms with Crippen molar-refractivity contribution in [3.63, 3.8) is 0 Å². The zero-order chi connectivity index (χ0) is 23.9. The number of thiazole rings is 1. The van der Waals surface area contributed by atoms with Gasteiger partial charge in [-0.05, 0) is 35.9 Å². The molecule has 0 atom stereocenters. The first-order valence-electron chi connectivity index (χ1n) is 11.1. The van der Waals surface area contributed by atoms with E-state index in [-0.39, 0.29) is 18.3 Å². The van der Waals surface area contributed by atoms with E-state index in [0.29, 0.717) is 36.4 Å². The molecule has 1 fully saturated rings. The van der Waals surface area contributed by atoms with Crippen molar-refractivity contribution in [2.75, 3.05) is 65.6 Å². The van der Waals surface area contributed by atoms with E-state index < -0.39 is 0 Å². The summed E-state index contributed by atoms with van der Waals surface area (Å²) in [5.74, 6) is 1.86. The average Bonchev–Trinajstić information content (AvgIpc) is 3.30. The lowest BCUT2D eigenvalue weighted by Gasteiger charge is -2.28. The fraction of sp³-hybridized carbons (Fsp3) is 0.360. The summed E-state index contributed by atoms with van der Waals surface area (Å²) in [6.07, 6.45) is 3.36. The van der Waals surface area contributed by atoms with Crippen LogP contribution >= 0.6 is 23.7 Å². The van der Waals surface area contributed by atoms with Gasteiger partial charge in [0.05, 0.1) is 44.8 Å². The first-order chi connectivity index (χ1) is 16.6. The molecule has 0 spiro atoms. The topological polar surface area (TPSA) is 73.4 Å². The van der Waals surface area contributed by atoms with Crippen molar-refractivity contribution in [3.05, 3.63) is 48.0 Å². The monoisotopic (exact) mass is 519 g/mol. The molecular weight excluding hydrogens is 490 g/mol. The summed E-state index contributed by atoms with van der Waals surface area (Å²) in [7, 11) is 4.81. The maximum atomic E-state index is 13.3. The van der Waals surface area contributed by atoms with Gasteiger partial charge in [0.25, 0.3) is 5.91 Å². The first-order valence-corrected chi connectivity index (χ1v) is 11.9. The molecule has 0 aliphatic carbocycles. The Hall–Kier alpha value is -2.85. The molecule has 2 heterocycles. The third-order valence-electron chi connectivity index (χ3n) is 5.65. The normalized spacial score (nSPS) is 14.0. The Morgan fingerprint density at radius 2 is 1.86 bits per heavy atom. The van der Waals surface area contributed by atoms with Gasteiger partial charge in [-0.25, -0.2) is 4.98 Å². The van der Waals surface area contributed by atoms with Crippen molar-refractivity contribution < 1.29 is 23.7 Å². The highest BCUT2D eigenvalue weighted by Gasteiger charge is 2.20. The molecule has 0 bridgehead atoms. The van der Waals surface area contributed by atoms with Crippen molar-refractivity contribution in [2.24, 2.45) is 0 Å². The number of amides is 1. The van der Waals surface area contributed by atoms with E-state index in [2.05, 4.69) is 4.90 Å². The van der Waals surface area contributed by atoms with Crippen molar-refractivity contribution in [2.45, 2.75) is 0 Å². The van der Waals surface area contributed by atoms with Crippen LogP contribution in [-0.4, -0.2) is 76.5 Å². The second kappa shape index (κ2) is 12.7. The summed E-state index contributed by atoms with van der Waals surface area (Å²) in [5, 5.41) is 0.665. The number of nitrogens with zero attached hydrogens (tertiary/aromatic N) is 3. The summed E-state index contributed by atoms with van der Waals surface area (Å²) >= 11 is 1.50. The number of ether oxygens (including phenoxy) is 4. The van der Waals surface area contributed by atoms with E-state index in [0.717, 1.165) is 41.2 Å². The maximum Gasteiger partial charge on any atom is 0.252 e. The zero-order valence-electron chi connectivity index (χ0n) is 20.1. The lowest BCUT2D eigenvalue weighted by molar-refractivity contribution is -0.114. The van der Waals surface area contributed by atoms with Crippen LogP contribution < -0.4 is 19.1 Å². The van der Waals surface area contributed by atoms with Gasteiger partial charge in [-0.2, -0.15) is 0 Å². The Balaban J connectivity index is 0.00000342. The van der Waals surface area contributed by atoms with Gasteiger partial charge >= 0.3 is 0 Å². The highest BCUT2D eigenvalue weighted by Crippen LogP contribution is 2.32. The summed E-state index contributed by atoms with van der Waals surface area (Å²) in [6.45, 7) is 4.44. The Bertz CT molecular complexity index is 1160. The lowest BCUT2D eigenvalue weighted by atomic mass is 10.2. The largest absolute Gasteiger partial charge is 0.497 e. The number of aromatic nitrogens is 1. The van der Waals surface area contributed by atoms with Crippen LogP contribution in [0.4, 0.5) is 5.13 Å². The molecular formula is C25H30ClN3O5S. The van der Waals surface area contributed by atoms with Crippen LogP contribution in [0.5, 0.6) is 17.2 Å². The number of methoxy groups -OCH3 is 3. The van der Waals surface area contributed by atoms with Crippen LogP contribution in [0.15, 0.2) is 42.5 Å². The van der Waals surface area contributed by atoms with Gasteiger partial charge in [-0.15, -0.1) is 12.4 Å². The molecule has 8 nitrogen and oxygen atoms in total. The molecule has 1 amide bonds. The predicted molar refractivity (Wildman–Crippen MR) is 142 cm³/mol. The highest BCUT2D eigenvalue weighted by atomic mass is 35.5. The minimum absolute atomic E-state index is 0. The van der Waals surface area contributed by atoms with Crippen molar-refractivity contribution in [3.8, 4) is 17.2 Å². The molecule has 10 heteroatoms.